The number of hydrogen-bond acceptors (Lipinski definition) is 2. The van der Waals surface area contributed by atoms with E-state index in [1.54, 1.807) is 24.3 Å². The smallest absolute Gasteiger partial charge is 0.224 e. The average Bonchev–Trinajstić information content (AvgIpc) is 2.60. The molecule has 0 saturated heterocycles. The Kier molecular flexibility index (Phi) is 7.49. The zero-order chi connectivity index (χ0) is 19.1. The highest BCUT2D eigenvalue weighted by atomic mass is 35.5. The summed E-state index contributed by atoms with van der Waals surface area (Å²) in [5.74, 6) is -0.164. The molecule has 0 aliphatic heterocycles. The Morgan fingerprint density at radius 3 is 1.54 bits per heavy atom. The van der Waals surface area contributed by atoms with Gasteiger partial charge in [0.2, 0.25) is 11.8 Å². The molecule has 2 rings (SSSR count). The second-order valence-corrected chi connectivity index (χ2v) is 6.94. The van der Waals surface area contributed by atoms with Gasteiger partial charge in [0.05, 0.1) is 0 Å². The number of anilines is 2. The molecule has 0 radical (unpaired) electrons. The third-order valence-corrected chi connectivity index (χ3v) is 4.96. The molecule has 6 heteroatoms. The van der Waals surface area contributed by atoms with E-state index in [-0.39, 0.29) is 11.8 Å². The topological polar surface area (TPSA) is 58.2 Å². The Morgan fingerprint density at radius 1 is 0.769 bits per heavy atom. The number of carbonyl (C=O) groups excluding carboxylic acids is 2. The molecule has 0 bridgehead atoms. The summed E-state index contributed by atoms with van der Waals surface area (Å²) < 4.78 is 0. The molecule has 0 aliphatic rings. The van der Waals surface area contributed by atoms with Gasteiger partial charge < -0.3 is 10.6 Å². The predicted molar refractivity (Wildman–Crippen MR) is 108 cm³/mol. The Bertz CT molecular complexity index is 739. The van der Waals surface area contributed by atoms with E-state index in [4.69, 9.17) is 23.2 Å². The van der Waals surface area contributed by atoms with E-state index < -0.39 is 0 Å². The summed E-state index contributed by atoms with van der Waals surface area (Å²) in [6, 6.07) is 10.8. The van der Waals surface area contributed by atoms with Gasteiger partial charge >= 0.3 is 0 Å². The van der Waals surface area contributed by atoms with Crippen LogP contribution in [0.3, 0.4) is 0 Å². The van der Waals surface area contributed by atoms with Gasteiger partial charge in [-0.25, -0.2) is 0 Å². The summed E-state index contributed by atoms with van der Waals surface area (Å²) >= 11 is 12.1. The highest BCUT2D eigenvalue weighted by Gasteiger charge is 2.09. The van der Waals surface area contributed by atoms with Crippen molar-refractivity contribution in [1.82, 2.24) is 0 Å². The van der Waals surface area contributed by atoms with Gasteiger partial charge in [0.25, 0.3) is 0 Å². The zero-order valence-electron chi connectivity index (χ0n) is 14.9. The highest BCUT2D eigenvalue weighted by molar-refractivity contribution is 6.32. The number of nitrogens with one attached hydrogen (secondary N) is 2. The van der Waals surface area contributed by atoms with Gasteiger partial charge in [-0.3, -0.25) is 9.59 Å². The van der Waals surface area contributed by atoms with E-state index >= 15 is 0 Å². The van der Waals surface area contributed by atoms with Crippen molar-refractivity contribution >= 4 is 46.4 Å². The first-order valence-electron chi connectivity index (χ1n) is 8.48. The molecule has 0 aromatic heterocycles. The molecule has 0 atom stereocenters. The molecule has 0 fully saturated rings. The standard InChI is InChI=1S/C20H22Cl2N2O2/c1-13-15(21)7-5-9-17(13)23-19(25)11-3-4-12-20(26)24-18-10-6-8-16(22)14(18)2/h5-10H,3-4,11-12H2,1-2H3,(H,23,25)(H,24,26). The summed E-state index contributed by atoms with van der Waals surface area (Å²) in [5, 5.41) is 6.95. The van der Waals surface area contributed by atoms with Crippen molar-refractivity contribution in [3.8, 4) is 0 Å². The van der Waals surface area contributed by atoms with Gasteiger partial charge in [0, 0.05) is 34.3 Å². The molecule has 0 aliphatic carbocycles. The van der Waals surface area contributed by atoms with E-state index in [1.807, 2.05) is 26.0 Å². The number of carbonyl (C=O) groups is 2. The fourth-order valence-corrected chi connectivity index (χ4v) is 2.83. The van der Waals surface area contributed by atoms with Gasteiger partial charge in [-0.05, 0) is 62.1 Å². The van der Waals surface area contributed by atoms with Crippen molar-refractivity contribution in [2.24, 2.45) is 0 Å². The van der Waals surface area contributed by atoms with Crippen LogP contribution < -0.4 is 10.6 Å². The Balaban J connectivity index is 1.72. The lowest BCUT2D eigenvalue weighted by Crippen LogP contribution is -2.14. The van der Waals surface area contributed by atoms with Crippen LogP contribution in [0.15, 0.2) is 36.4 Å². The third-order valence-electron chi connectivity index (χ3n) is 4.14. The van der Waals surface area contributed by atoms with Crippen molar-refractivity contribution in [3.05, 3.63) is 57.6 Å². The summed E-state index contributed by atoms with van der Waals surface area (Å²) in [5.41, 5.74) is 3.13. The maximum absolute atomic E-state index is 12.0. The number of hydrogen-bond donors (Lipinski definition) is 2. The van der Waals surface area contributed by atoms with Crippen molar-refractivity contribution in [3.63, 3.8) is 0 Å². The van der Waals surface area contributed by atoms with Gasteiger partial charge in [0.15, 0.2) is 0 Å². The fraction of sp³-hybridized carbons (Fsp3) is 0.300. The number of rotatable bonds is 7. The zero-order valence-corrected chi connectivity index (χ0v) is 16.4. The number of halogens is 2. The van der Waals surface area contributed by atoms with E-state index in [9.17, 15) is 9.59 Å². The maximum Gasteiger partial charge on any atom is 0.224 e. The van der Waals surface area contributed by atoms with Gasteiger partial charge in [-0.1, -0.05) is 35.3 Å². The van der Waals surface area contributed by atoms with E-state index in [0.29, 0.717) is 35.7 Å². The largest absolute Gasteiger partial charge is 0.326 e. The Morgan fingerprint density at radius 2 is 1.15 bits per heavy atom. The lowest BCUT2D eigenvalue weighted by molar-refractivity contribution is -0.118. The lowest BCUT2D eigenvalue weighted by Gasteiger charge is -2.10. The van der Waals surface area contributed by atoms with Crippen molar-refractivity contribution in [2.75, 3.05) is 10.6 Å². The maximum atomic E-state index is 12.0. The molecule has 2 aromatic rings. The minimum absolute atomic E-state index is 0.0820. The minimum Gasteiger partial charge on any atom is -0.326 e. The summed E-state index contributed by atoms with van der Waals surface area (Å²) in [7, 11) is 0. The first-order chi connectivity index (χ1) is 12.4. The normalized spacial score (nSPS) is 10.5. The van der Waals surface area contributed by atoms with Crippen LogP contribution in [0.25, 0.3) is 0 Å². The molecule has 0 heterocycles. The summed E-state index contributed by atoms with van der Waals surface area (Å²) in [4.78, 5) is 24.0. The molecule has 0 unspecified atom stereocenters. The molecular weight excluding hydrogens is 371 g/mol. The molecule has 2 aromatic carbocycles. The highest BCUT2D eigenvalue weighted by Crippen LogP contribution is 2.24. The van der Waals surface area contributed by atoms with Gasteiger partial charge in [-0.15, -0.1) is 0 Å². The van der Waals surface area contributed by atoms with Gasteiger partial charge in [0.1, 0.15) is 0 Å². The minimum atomic E-state index is -0.0820. The molecular formula is C20H22Cl2N2O2. The average molecular weight is 393 g/mol. The van der Waals surface area contributed by atoms with Crippen LogP contribution in [0, 0.1) is 13.8 Å². The van der Waals surface area contributed by atoms with Crippen LogP contribution in [0.2, 0.25) is 10.0 Å². The molecule has 0 saturated carbocycles. The SMILES string of the molecule is Cc1c(Cl)cccc1NC(=O)CCCCC(=O)Nc1cccc(Cl)c1C. The van der Waals surface area contributed by atoms with Crippen LogP contribution >= 0.6 is 23.2 Å². The van der Waals surface area contributed by atoms with Crippen LogP contribution in [-0.2, 0) is 9.59 Å². The van der Waals surface area contributed by atoms with E-state index in [0.717, 1.165) is 22.5 Å². The molecule has 4 nitrogen and oxygen atoms in total. The quantitative estimate of drug-likeness (QED) is 0.589. The van der Waals surface area contributed by atoms with E-state index in [2.05, 4.69) is 10.6 Å². The first-order valence-corrected chi connectivity index (χ1v) is 9.24. The Hall–Kier alpha value is -2.04. The molecule has 2 amide bonds. The summed E-state index contributed by atoms with van der Waals surface area (Å²) in [6.07, 6.45) is 1.98. The third kappa shape index (κ3) is 5.75. The fourth-order valence-electron chi connectivity index (χ4n) is 2.48. The van der Waals surface area contributed by atoms with Crippen molar-refractivity contribution in [1.29, 1.82) is 0 Å². The van der Waals surface area contributed by atoms with Crippen LogP contribution in [0.5, 0.6) is 0 Å². The monoisotopic (exact) mass is 392 g/mol. The second-order valence-electron chi connectivity index (χ2n) is 6.13. The molecule has 138 valence electrons. The van der Waals surface area contributed by atoms with Crippen molar-refractivity contribution in [2.45, 2.75) is 39.5 Å². The first kappa shape index (κ1) is 20.3. The lowest BCUT2D eigenvalue weighted by atomic mass is 10.1. The molecule has 2 N–H and O–H groups in total. The van der Waals surface area contributed by atoms with Gasteiger partial charge in [-0.2, -0.15) is 0 Å². The Labute approximate surface area is 163 Å². The second kappa shape index (κ2) is 9.60. The van der Waals surface area contributed by atoms with Crippen molar-refractivity contribution < 1.29 is 9.59 Å². The summed E-state index contributed by atoms with van der Waals surface area (Å²) in [6.45, 7) is 3.72. The van der Waals surface area contributed by atoms with Crippen LogP contribution in [0.1, 0.15) is 36.8 Å². The van der Waals surface area contributed by atoms with E-state index in [1.165, 1.54) is 0 Å². The number of unbranched alkanes of at least 4 members (excludes halogenated alkanes) is 1. The van der Waals surface area contributed by atoms with Crippen LogP contribution in [0.4, 0.5) is 11.4 Å². The number of amides is 2. The van der Waals surface area contributed by atoms with Crippen LogP contribution in [-0.4, -0.2) is 11.8 Å². The molecule has 0 spiro atoms. The number of benzene rings is 2. The predicted octanol–water partition coefficient (Wildman–Crippen LogP) is 5.75. The molecule has 26 heavy (non-hydrogen) atoms.